The van der Waals surface area contributed by atoms with Crippen LogP contribution in [-0.2, 0) is 9.47 Å². The summed E-state index contributed by atoms with van der Waals surface area (Å²) >= 11 is 0. The second-order valence-corrected chi connectivity index (χ2v) is 9.16. The van der Waals surface area contributed by atoms with Crippen LogP contribution in [0.5, 0.6) is 0 Å². The predicted octanol–water partition coefficient (Wildman–Crippen LogP) is 2.96. The smallest absolute Gasteiger partial charge is 0.134 e. The van der Waals surface area contributed by atoms with Gasteiger partial charge in [-0.15, -0.1) is 0 Å². The standard InChI is InChI=1S/C12H29NO2S2Si/c1-10(2)13(11(3)4)17-16-8-7-9-18-12(14-5)15-6/h10-12H,7-9,18H2,1-6H3. The first kappa shape index (κ1) is 18.8. The molecular formula is C12H29NO2S2Si. The van der Waals surface area contributed by atoms with E-state index in [0.717, 1.165) is 0 Å². The number of nitrogens with zero attached hydrogens (tertiary/aromatic N) is 1. The zero-order valence-electron chi connectivity index (χ0n) is 12.6. The molecule has 18 heavy (non-hydrogen) atoms. The largest absolute Gasteiger partial charge is 0.360 e. The Balaban J connectivity index is 3.55. The van der Waals surface area contributed by atoms with Gasteiger partial charge in [0.2, 0.25) is 0 Å². The lowest BCUT2D eigenvalue weighted by Crippen LogP contribution is -2.29. The fourth-order valence-electron chi connectivity index (χ4n) is 1.67. The number of methoxy groups -OCH3 is 2. The van der Waals surface area contributed by atoms with Crippen LogP contribution in [0, 0.1) is 0 Å². The quantitative estimate of drug-likeness (QED) is 0.192. The summed E-state index contributed by atoms with van der Waals surface area (Å²) in [5.41, 5.74) is 0. The van der Waals surface area contributed by atoms with Crippen LogP contribution in [0.15, 0.2) is 0 Å². The van der Waals surface area contributed by atoms with E-state index < -0.39 is 0 Å². The first-order valence-corrected chi connectivity index (χ1v) is 10.8. The van der Waals surface area contributed by atoms with Crippen molar-refractivity contribution in [3.8, 4) is 0 Å². The molecule has 0 unspecified atom stereocenters. The van der Waals surface area contributed by atoms with E-state index in [1.165, 1.54) is 18.2 Å². The Labute approximate surface area is 123 Å². The average Bonchev–Trinajstić information content (AvgIpc) is 2.32. The summed E-state index contributed by atoms with van der Waals surface area (Å²) in [6, 6.07) is 2.50. The van der Waals surface area contributed by atoms with Crippen molar-refractivity contribution in [2.24, 2.45) is 0 Å². The fraction of sp³-hybridized carbons (Fsp3) is 1.00. The number of hydrogen-bond donors (Lipinski definition) is 0. The molecule has 0 heterocycles. The van der Waals surface area contributed by atoms with Gasteiger partial charge in [0.15, 0.2) is 0 Å². The van der Waals surface area contributed by atoms with Crippen molar-refractivity contribution in [3.05, 3.63) is 0 Å². The molecule has 3 nitrogen and oxygen atoms in total. The third-order valence-electron chi connectivity index (χ3n) is 2.60. The molecule has 110 valence electrons. The lowest BCUT2D eigenvalue weighted by atomic mass is 10.3. The maximum Gasteiger partial charge on any atom is 0.134 e. The van der Waals surface area contributed by atoms with Crippen molar-refractivity contribution in [2.45, 2.75) is 58.2 Å². The Kier molecular flexibility index (Phi) is 12.1. The van der Waals surface area contributed by atoms with Crippen molar-refractivity contribution in [1.29, 1.82) is 0 Å². The van der Waals surface area contributed by atoms with Crippen LogP contribution in [0.3, 0.4) is 0 Å². The number of hydrogen-bond acceptors (Lipinski definition) is 5. The summed E-state index contributed by atoms with van der Waals surface area (Å²) in [5.74, 6) is 1.32. The zero-order chi connectivity index (χ0) is 14.0. The van der Waals surface area contributed by atoms with E-state index in [1.807, 2.05) is 21.8 Å². The molecule has 0 aliphatic heterocycles. The van der Waals surface area contributed by atoms with Gasteiger partial charge in [-0.25, -0.2) is 4.31 Å². The van der Waals surface area contributed by atoms with Crippen LogP contribution in [0.25, 0.3) is 0 Å². The van der Waals surface area contributed by atoms with Crippen molar-refractivity contribution in [3.63, 3.8) is 0 Å². The van der Waals surface area contributed by atoms with E-state index in [-0.39, 0.29) is 15.4 Å². The predicted molar refractivity (Wildman–Crippen MR) is 87.9 cm³/mol. The fourth-order valence-corrected chi connectivity index (χ4v) is 6.21. The van der Waals surface area contributed by atoms with Gasteiger partial charge in [-0.2, -0.15) is 0 Å². The van der Waals surface area contributed by atoms with Gasteiger partial charge in [-0.05, 0) is 45.1 Å². The first-order chi connectivity index (χ1) is 8.52. The van der Waals surface area contributed by atoms with Crippen molar-refractivity contribution in [2.75, 3.05) is 20.0 Å². The van der Waals surface area contributed by atoms with E-state index in [9.17, 15) is 0 Å². The topological polar surface area (TPSA) is 21.7 Å². The third-order valence-corrected chi connectivity index (χ3v) is 7.56. The Morgan fingerprint density at radius 1 is 1.06 bits per heavy atom. The van der Waals surface area contributed by atoms with Crippen molar-refractivity contribution >= 4 is 31.3 Å². The van der Waals surface area contributed by atoms with E-state index >= 15 is 0 Å². The van der Waals surface area contributed by atoms with Crippen molar-refractivity contribution in [1.82, 2.24) is 4.31 Å². The molecule has 0 amide bonds. The normalized spacial score (nSPS) is 13.0. The van der Waals surface area contributed by atoms with E-state index in [2.05, 4.69) is 32.0 Å². The maximum absolute atomic E-state index is 5.23. The van der Waals surface area contributed by atoms with Crippen LogP contribution in [0.2, 0.25) is 6.04 Å². The molecule has 0 spiro atoms. The summed E-state index contributed by atoms with van der Waals surface area (Å²) in [4.78, 5) is 0. The highest BCUT2D eigenvalue weighted by atomic mass is 33.1. The van der Waals surface area contributed by atoms with E-state index in [0.29, 0.717) is 12.1 Å². The number of rotatable bonds is 11. The summed E-state index contributed by atoms with van der Waals surface area (Å²) in [6.45, 7) is 9.01. The summed E-state index contributed by atoms with van der Waals surface area (Å²) in [5, 5.41) is 0. The molecule has 0 rings (SSSR count). The van der Waals surface area contributed by atoms with Gasteiger partial charge < -0.3 is 9.47 Å². The Bertz CT molecular complexity index is 185. The van der Waals surface area contributed by atoms with Gasteiger partial charge in [0.1, 0.15) is 5.91 Å². The average molecular weight is 312 g/mol. The highest BCUT2D eigenvalue weighted by molar-refractivity contribution is 8.75. The van der Waals surface area contributed by atoms with E-state index in [1.54, 1.807) is 14.2 Å². The van der Waals surface area contributed by atoms with Crippen LogP contribution in [0.1, 0.15) is 34.1 Å². The van der Waals surface area contributed by atoms with Crippen LogP contribution in [-0.4, -0.2) is 51.8 Å². The van der Waals surface area contributed by atoms with Gasteiger partial charge in [0.25, 0.3) is 0 Å². The molecule has 0 N–H and O–H groups in total. The van der Waals surface area contributed by atoms with Crippen LogP contribution in [0.4, 0.5) is 0 Å². The Morgan fingerprint density at radius 3 is 2.06 bits per heavy atom. The van der Waals surface area contributed by atoms with Crippen LogP contribution >= 0.6 is 21.8 Å². The second kappa shape index (κ2) is 11.6. The lowest BCUT2D eigenvalue weighted by molar-refractivity contribution is -0.0441. The zero-order valence-corrected chi connectivity index (χ0v) is 15.7. The molecule has 0 atom stereocenters. The van der Waals surface area contributed by atoms with Gasteiger partial charge >= 0.3 is 0 Å². The molecule has 0 aliphatic carbocycles. The Morgan fingerprint density at radius 2 is 1.61 bits per heavy atom. The molecule has 6 heteroatoms. The highest BCUT2D eigenvalue weighted by Crippen LogP contribution is 2.30. The van der Waals surface area contributed by atoms with Crippen molar-refractivity contribution < 1.29 is 9.47 Å². The Hall–Kier alpha value is 0.797. The minimum Gasteiger partial charge on any atom is -0.360 e. The molecule has 0 radical (unpaired) electrons. The molecule has 0 aromatic rings. The second-order valence-electron chi connectivity index (χ2n) is 4.84. The molecule has 0 fully saturated rings. The summed E-state index contributed by atoms with van der Waals surface area (Å²) < 4.78 is 12.9. The minimum absolute atomic E-state index is 0.102. The molecular weight excluding hydrogens is 282 g/mol. The molecule has 0 aromatic carbocycles. The van der Waals surface area contributed by atoms with E-state index in [4.69, 9.17) is 9.47 Å². The van der Waals surface area contributed by atoms with Gasteiger partial charge in [0.05, 0.1) is 9.52 Å². The van der Waals surface area contributed by atoms with Gasteiger partial charge in [-0.1, -0.05) is 16.8 Å². The SMILES string of the molecule is COC(OC)[SiH2]CCCSSN(C(C)C)C(C)C. The summed E-state index contributed by atoms with van der Waals surface area (Å²) in [7, 11) is 7.11. The highest BCUT2D eigenvalue weighted by Gasteiger charge is 2.14. The molecule has 0 aromatic heterocycles. The summed E-state index contributed by atoms with van der Waals surface area (Å²) in [6.07, 6.45) is 1.27. The third kappa shape index (κ3) is 8.82. The minimum atomic E-state index is -0.234. The number of ether oxygens (including phenoxy) is 2. The molecule has 0 saturated heterocycles. The molecule has 0 bridgehead atoms. The lowest BCUT2D eigenvalue weighted by Gasteiger charge is -2.28. The first-order valence-electron chi connectivity index (χ1n) is 6.66. The van der Waals surface area contributed by atoms with Gasteiger partial charge in [0, 0.05) is 32.1 Å². The van der Waals surface area contributed by atoms with Gasteiger partial charge in [-0.3, -0.25) is 0 Å². The maximum atomic E-state index is 5.23. The molecule has 0 saturated carbocycles. The van der Waals surface area contributed by atoms with Crippen LogP contribution < -0.4 is 0 Å². The monoisotopic (exact) mass is 311 g/mol. The molecule has 0 aliphatic rings.